The minimum Gasteiger partial charge on any atom is -0.348 e. The number of carbonyl (C=O) groups excluding carboxylic acids is 1. The van der Waals surface area contributed by atoms with E-state index in [-0.39, 0.29) is 23.4 Å². The average Bonchev–Trinajstić information content (AvgIpc) is 2.75. The van der Waals surface area contributed by atoms with Crippen molar-refractivity contribution in [1.82, 2.24) is 5.32 Å². The molecule has 0 aliphatic carbocycles. The van der Waals surface area contributed by atoms with Crippen LogP contribution in [0.1, 0.15) is 58.4 Å². The van der Waals surface area contributed by atoms with Gasteiger partial charge in [-0.05, 0) is 29.2 Å². The molecule has 0 fully saturated rings. The molecular weight excluding hydrogens is 268 g/mol. The normalized spacial score (nSPS) is 15.2. The van der Waals surface area contributed by atoms with Crippen LogP contribution in [0.5, 0.6) is 0 Å². The van der Waals surface area contributed by atoms with Crippen molar-refractivity contribution in [2.24, 2.45) is 17.1 Å². The quantitative estimate of drug-likeness (QED) is 0.840. The molecule has 3 N–H and O–H groups in total. The van der Waals surface area contributed by atoms with E-state index in [4.69, 9.17) is 5.73 Å². The molecule has 1 aromatic rings. The van der Waals surface area contributed by atoms with Gasteiger partial charge in [-0.2, -0.15) is 0 Å². The SMILES string of the molecule is CC(C)C(NC(=O)CC(N)CC(C)(C)C)c1cccs1. The van der Waals surface area contributed by atoms with Gasteiger partial charge < -0.3 is 11.1 Å². The van der Waals surface area contributed by atoms with Crippen LogP contribution in [-0.4, -0.2) is 11.9 Å². The lowest BCUT2D eigenvalue weighted by molar-refractivity contribution is -0.122. The van der Waals surface area contributed by atoms with E-state index in [1.165, 1.54) is 4.88 Å². The molecule has 2 unspecified atom stereocenters. The van der Waals surface area contributed by atoms with E-state index in [0.29, 0.717) is 12.3 Å². The number of nitrogens with one attached hydrogen (secondary N) is 1. The Labute approximate surface area is 127 Å². The minimum atomic E-state index is -0.0776. The summed E-state index contributed by atoms with van der Waals surface area (Å²) in [5, 5.41) is 5.17. The molecule has 0 saturated carbocycles. The number of thiophene rings is 1. The summed E-state index contributed by atoms with van der Waals surface area (Å²) in [6.07, 6.45) is 1.25. The fraction of sp³-hybridized carbons (Fsp3) is 0.688. The van der Waals surface area contributed by atoms with Crippen molar-refractivity contribution in [3.8, 4) is 0 Å². The first-order chi connectivity index (χ1) is 9.19. The predicted molar refractivity (Wildman–Crippen MR) is 86.7 cm³/mol. The van der Waals surface area contributed by atoms with Crippen molar-refractivity contribution >= 4 is 17.2 Å². The number of carbonyl (C=O) groups is 1. The zero-order valence-electron chi connectivity index (χ0n) is 13.3. The zero-order chi connectivity index (χ0) is 15.3. The molecule has 0 aromatic carbocycles. The highest BCUT2D eigenvalue weighted by Gasteiger charge is 2.22. The fourth-order valence-electron chi connectivity index (χ4n) is 2.36. The van der Waals surface area contributed by atoms with Gasteiger partial charge in [-0.1, -0.05) is 40.7 Å². The Morgan fingerprint density at radius 1 is 1.40 bits per heavy atom. The molecule has 1 heterocycles. The van der Waals surface area contributed by atoms with Gasteiger partial charge in [0.2, 0.25) is 5.91 Å². The van der Waals surface area contributed by atoms with Gasteiger partial charge >= 0.3 is 0 Å². The highest BCUT2D eigenvalue weighted by atomic mass is 32.1. The lowest BCUT2D eigenvalue weighted by atomic mass is 9.87. The van der Waals surface area contributed by atoms with E-state index >= 15 is 0 Å². The van der Waals surface area contributed by atoms with Gasteiger partial charge in [-0.3, -0.25) is 4.79 Å². The van der Waals surface area contributed by atoms with E-state index in [1.54, 1.807) is 11.3 Å². The summed E-state index contributed by atoms with van der Waals surface area (Å²) in [6.45, 7) is 10.7. The summed E-state index contributed by atoms with van der Waals surface area (Å²) in [5.41, 5.74) is 6.23. The standard InChI is InChI=1S/C16H28N2OS/c1-11(2)15(13-7-6-8-20-13)18-14(19)9-12(17)10-16(3,4)5/h6-8,11-12,15H,9-10,17H2,1-5H3,(H,18,19). The van der Waals surface area contributed by atoms with Gasteiger partial charge in [0.05, 0.1) is 6.04 Å². The molecule has 114 valence electrons. The Balaban J connectivity index is 2.55. The molecule has 2 atom stereocenters. The third-order valence-electron chi connectivity index (χ3n) is 3.16. The second kappa shape index (κ2) is 7.23. The summed E-state index contributed by atoms with van der Waals surface area (Å²) in [5.74, 6) is 0.422. The molecule has 3 nitrogen and oxygen atoms in total. The molecule has 1 amide bonds. The predicted octanol–water partition coefficient (Wildman–Crippen LogP) is 3.72. The van der Waals surface area contributed by atoms with E-state index in [0.717, 1.165) is 6.42 Å². The minimum absolute atomic E-state index is 0.0499. The molecule has 0 bridgehead atoms. The summed E-state index contributed by atoms with van der Waals surface area (Å²) >= 11 is 1.68. The highest BCUT2D eigenvalue weighted by molar-refractivity contribution is 7.10. The molecule has 0 aliphatic rings. The molecule has 20 heavy (non-hydrogen) atoms. The van der Waals surface area contributed by atoms with Crippen LogP contribution in [0.4, 0.5) is 0 Å². The third kappa shape index (κ3) is 6.06. The highest BCUT2D eigenvalue weighted by Crippen LogP contribution is 2.26. The van der Waals surface area contributed by atoms with E-state index in [2.05, 4.69) is 46.0 Å². The van der Waals surface area contributed by atoms with Gasteiger partial charge in [0.1, 0.15) is 0 Å². The maximum absolute atomic E-state index is 12.2. The monoisotopic (exact) mass is 296 g/mol. The Bertz CT molecular complexity index is 407. The Hall–Kier alpha value is -0.870. The first kappa shape index (κ1) is 17.2. The lowest BCUT2D eigenvalue weighted by Crippen LogP contribution is -2.37. The van der Waals surface area contributed by atoms with E-state index in [9.17, 15) is 4.79 Å². The molecular formula is C16H28N2OS. The molecule has 0 saturated heterocycles. The van der Waals surface area contributed by atoms with Crippen molar-refractivity contribution in [2.45, 2.75) is 59.5 Å². The van der Waals surface area contributed by atoms with Gasteiger partial charge in [0.25, 0.3) is 0 Å². The number of nitrogens with two attached hydrogens (primary N) is 1. The molecule has 0 radical (unpaired) electrons. The van der Waals surface area contributed by atoms with E-state index < -0.39 is 0 Å². The second-order valence-electron chi connectivity index (χ2n) is 7.03. The summed E-state index contributed by atoms with van der Waals surface area (Å²) in [6, 6.07) is 4.10. The average molecular weight is 296 g/mol. The van der Waals surface area contributed by atoms with Crippen molar-refractivity contribution in [2.75, 3.05) is 0 Å². The Morgan fingerprint density at radius 3 is 2.50 bits per heavy atom. The molecule has 0 aliphatic heterocycles. The van der Waals surface area contributed by atoms with Crippen LogP contribution >= 0.6 is 11.3 Å². The van der Waals surface area contributed by atoms with Crippen LogP contribution in [0.2, 0.25) is 0 Å². The van der Waals surface area contributed by atoms with Crippen molar-refractivity contribution < 1.29 is 4.79 Å². The zero-order valence-corrected chi connectivity index (χ0v) is 14.1. The summed E-state index contributed by atoms with van der Waals surface area (Å²) < 4.78 is 0. The van der Waals surface area contributed by atoms with Crippen LogP contribution < -0.4 is 11.1 Å². The number of amides is 1. The second-order valence-corrected chi connectivity index (χ2v) is 8.01. The van der Waals surface area contributed by atoms with Crippen LogP contribution in [0.15, 0.2) is 17.5 Å². The molecule has 1 aromatic heterocycles. The third-order valence-corrected chi connectivity index (χ3v) is 4.11. The van der Waals surface area contributed by atoms with Crippen molar-refractivity contribution in [3.05, 3.63) is 22.4 Å². The number of rotatable bonds is 6. The van der Waals surface area contributed by atoms with Crippen LogP contribution in [0.3, 0.4) is 0 Å². The van der Waals surface area contributed by atoms with Gasteiger partial charge in [-0.25, -0.2) is 0 Å². The largest absolute Gasteiger partial charge is 0.348 e. The van der Waals surface area contributed by atoms with Crippen molar-refractivity contribution in [3.63, 3.8) is 0 Å². The van der Waals surface area contributed by atoms with Crippen LogP contribution in [0.25, 0.3) is 0 Å². The summed E-state index contributed by atoms with van der Waals surface area (Å²) in [4.78, 5) is 13.4. The lowest BCUT2D eigenvalue weighted by Gasteiger charge is -2.25. The maximum atomic E-state index is 12.2. The van der Waals surface area contributed by atoms with Gasteiger partial charge in [0, 0.05) is 17.3 Å². The first-order valence-corrected chi connectivity index (χ1v) is 8.15. The number of hydrogen-bond donors (Lipinski definition) is 2. The molecule has 4 heteroatoms. The summed E-state index contributed by atoms with van der Waals surface area (Å²) in [7, 11) is 0. The topological polar surface area (TPSA) is 55.1 Å². The smallest absolute Gasteiger partial charge is 0.222 e. The van der Waals surface area contributed by atoms with Gasteiger partial charge in [0.15, 0.2) is 0 Å². The fourth-order valence-corrected chi connectivity index (χ4v) is 3.31. The first-order valence-electron chi connectivity index (χ1n) is 7.27. The molecule has 0 spiro atoms. The van der Waals surface area contributed by atoms with Gasteiger partial charge in [-0.15, -0.1) is 11.3 Å². The van der Waals surface area contributed by atoms with Crippen LogP contribution in [-0.2, 0) is 4.79 Å². The number of hydrogen-bond acceptors (Lipinski definition) is 3. The Kier molecular flexibility index (Phi) is 6.21. The van der Waals surface area contributed by atoms with Crippen molar-refractivity contribution in [1.29, 1.82) is 0 Å². The van der Waals surface area contributed by atoms with E-state index in [1.807, 2.05) is 11.4 Å². The maximum Gasteiger partial charge on any atom is 0.222 e. The Morgan fingerprint density at radius 2 is 2.05 bits per heavy atom. The van der Waals surface area contributed by atoms with Crippen LogP contribution in [0, 0.1) is 11.3 Å². The molecule has 1 rings (SSSR count).